The van der Waals surface area contributed by atoms with E-state index < -0.39 is 0 Å². The van der Waals surface area contributed by atoms with Crippen LogP contribution in [0.1, 0.15) is 5.76 Å². The first-order chi connectivity index (χ1) is 15.2. The van der Waals surface area contributed by atoms with Crippen molar-refractivity contribution in [1.82, 2.24) is 15.0 Å². The molecule has 0 saturated carbocycles. The van der Waals surface area contributed by atoms with E-state index in [-0.39, 0.29) is 17.2 Å². The van der Waals surface area contributed by atoms with Crippen LogP contribution in [-0.4, -0.2) is 34.5 Å². The van der Waals surface area contributed by atoms with Crippen LogP contribution in [0.2, 0.25) is 0 Å². The van der Waals surface area contributed by atoms with Gasteiger partial charge in [-0.05, 0) is 48.5 Å². The molecule has 0 fully saturated rings. The second-order valence-corrected chi connectivity index (χ2v) is 7.29. The standard InChI is InChI=1S/C22H18N4O4S/c1-29-16-10-8-15(9-11-16)26-21(28)18-6-2-3-7-19(18)24-22(26)31-14-20(27)25-23-13-17-5-4-12-30-17/h2-13H,14H2,1H3,(H,25,27)/b23-13+. The van der Waals surface area contributed by atoms with Crippen LogP contribution in [-0.2, 0) is 4.79 Å². The van der Waals surface area contributed by atoms with Crippen LogP contribution >= 0.6 is 11.8 Å². The maximum absolute atomic E-state index is 13.2. The highest BCUT2D eigenvalue weighted by molar-refractivity contribution is 7.99. The molecule has 2 aromatic heterocycles. The van der Waals surface area contributed by atoms with Crippen molar-refractivity contribution in [1.29, 1.82) is 0 Å². The highest BCUT2D eigenvalue weighted by Crippen LogP contribution is 2.22. The van der Waals surface area contributed by atoms with Gasteiger partial charge in [0.1, 0.15) is 11.5 Å². The molecule has 0 aliphatic heterocycles. The number of benzene rings is 2. The number of amides is 1. The molecule has 0 radical (unpaired) electrons. The number of hydrogen-bond acceptors (Lipinski definition) is 7. The van der Waals surface area contributed by atoms with E-state index in [1.165, 1.54) is 17.0 Å². The Morgan fingerprint density at radius 1 is 1.19 bits per heavy atom. The predicted octanol–water partition coefficient (Wildman–Crippen LogP) is 3.23. The number of carbonyl (C=O) groups excluding carboxylic acids is 1. The number of aromatic nitrogens is 2. The molecule has 0 atom stereocenters. The Hall–Kier alpha value is -3.85. The summed E-state index contributed by atoms with van der Waals surface area (Å²) in [5, 5.41) is 4.76. The lowest BCUT2D eigenvalue weighted by Gasteiger charge is -2.13. The number of fused-ring (bicyclic) bond motifs is 1. The number of thioether (sulfide) groups is 1. The van der Waals surface area contributed by atoms with Crippen molar-refractivity contribution in [3.05, 3.63) is 83.0 Å². The molecule has 4 rings (SSSR count). The monoisotopic (exact) mass is 434 g/mol. The number of furan rings is 1. The molecule has 2 heterocycles. The van der Waals surface area contributed by atoms with Crippen LogP contribution in [0.5, 0.6) is 5.75 Å². The summed E-state index contributed by atoms with van der Waals surface area (Å²) in [6.07, 6.45) is 2.92. The number of para-hydroxylation sites is 1. The zero-order valence-electron chi connectivity index (χ0n) is 16.5. The summed E-state index contributed by atoms with van der Waals surface area (Å²) in [5.74, 6) is 0.888. The third-order valence-corrected chi connectivity index (χ3v) is 5.27. The van der Waals surface area contributed by atoms with Crippen LogP contribution in [0.15, 0.2) is 86.4 Å². The van der Waals surface area contributed by atoms with Gasteiger partial charge in [-0.25, -0.2) is 10.4 Å². The number of carbonyl (C=O) groups is 1. The molecule has 0 bridgehead atoms. The van der Waals surface area contributed by atoms with Gasteiger partial charge in [-0.1, -0.05) is 23.9 Å². The highest BCUT2D eigenvalue weighted by Gasteiger charge is 2.15. The average molecular weight is 434 g/mol. The maximum Gasteiger partial charge on any atom is 0.266 e. The fourth-order valence-electron chi connectivity index (χ4n) is 2.86. The maximum atomic E-state index is 13.2. The number of methoxy groups -OCH3 is 1. The first-order valence-electron chi connectivity index (χ1n) is 9.30. The van der Waals surface area contributed by atoms with E-state index in [0.29, 0.717) is 33.3 Å². The molecule has 4 aromatic rings. The summed E-state index contributed by atoms with van der Waals surface area (Å²) >= 11 is 1.15. The molecular weight excluding hydrogens is 416 g/mol. The predicted molar refractivity (Wildman–Crippen MR) is 119 cm³/mol. The normalized spacial score (nSPS) is 11.1. The Morgan fingerprint density at radius 2 is 2.00 bits per heavy atom. The van der Waals surface area contributed by atoms with Gasteiger partial charge in [-0.15, -0.1) is 0 Å². The minimum atomic E-state index is -0.337. The molecule has 9 heteroatoms. The van der Waals surface area contributed by atoms with Crippen LogP contribution in [0, 0.1) is 0 Å². The molecule has 0 aliphatic rings. The SMILES string of the molecule is COc1ccc(-n2c(SCC(=O)N/N=C/c3ccco3)nc3ccccc3c2=O)cc1. The zero-order chi connectivity index (χ0) is 21.6. The molecule has 0 aliphatic carbocycles. The van der Waals surface area contributed by atoms with E-state index >= 15 is 0 Å². The topological polar surface area (TPSA) is 98.7 Å². The van der Waals surface area contributed by atoms with Crippen molar-refractivity contribution in [3.8, 4) is 11.4 Å². The minimum absolute atomic E-state index is 0.0242. The fraction of sp³-hybridized carbons (Fsp3) is 0.0909. The quantitative estimate of drug-likeness (QED) is 0.208. The van der Waals surface area contributed by atoms with Gasteiger partial charge >= 0.3 is 0 Å². The third kappa shape index (κ3) is 4.67. The molecule has 156 valence electrons. The number of rotatable bonds is 7. The molecule has 8 nitrogen and oxygen atoms in total. The van der Waals surface area contributed by atoms with Gasteiger partial charge in [-0.3, -0.25) is 14.2 Å². The van der Waals surface area contributed by atoms with Crippen molar-refractivity contribution in [2.24, 2.45) is 5.10 Å². The van der Waals surface area contributed by atoms with E-state index in [1.54, 1.807) is 61.7 Å². The number of ether oxygens (including phenoxy) is 1. The van der Waals surface area contributed by atoms with Crippen LogP contribution < -0.4 is 15.7 Å². The molecular formula is C22H18N4O4S. The highest BCUT2D eigenvalue weighted by atomic mass is 32.2. The summed E-state index contributed by atoms with van der Waals surface area (Å²) in [5.41, 5.74) is 3.42. The van der Waals surface area contributed by atoms with Gasteiger partial charge in [0.05, 0.1) is 41.9 Å². The third-order valence-electron chi connectivity index (χ3n) is 4.33. The second-order valence-electron chi connectivity index (χ2n) is 6.35. The summed E-state index contributed by atoms with van der Waals surface area (Å²) in [6, 6.07) is 17.6. The Kier molecular flexibility index (Phi) is 6.13. The second kappa shape index (κ2) is 9.31. The molecule has 0 spiro atoms. The molecule has 0 unspecified atom stereocenters. The van der Waals surface area contributed by atoms with Crippen molar-refractivity contribution in [2.45, 2.75) is 5.16 Å². The molecule has 0 saturated heterocycles. The number of nitrogens with one attached hydrogen (secondary N) is 1. The summed E-state index contributed by atoms with van der Waals surface area (Å²) in [4.78, 5) is 30.0. The number of hydrazone groups is 1. The molecule has 1 amide bonds. The zero-order valence-corrected chi connectivity index (χ0v) is 17.3. The van der Waals surface area contributed by atoms with Gasteiger partial charge in [0.15, 0.2) is 5.16 Å². The Bertz CT molecular complexity index is 1280. The first kappa shape index (κ1) is 20.4. The lowest BCUT2D eigenvalue weighted by molar-refractivity contribution is -0.118. The Labute approximate surface area is 181 Å². The Balaban J connectivity index is 1.61. The van der Waals surface area contributed by atoms with E-state index in [4.69, 9.17) is 9.15 Å². The number of nitrogens with zero attached hydrogens (tertiary/aromatic N) is 3. The molecule has 31 heavy (non-hydrogen) atoms. The van der Waals surface area contributed by atoms with Crippen molar-refractivity contribution in [2.75, 3.05) is 12.9 Å². The summed E-state index contributed by atoms with van der Waals surface area (Å²) in [7, 11) is 1.58. The fourth-order valence-corrected chi connectivity index (χ4v) is 3.67. The van der Waals surface area contributed by atoms with Crippen molar-refractivity contribution in [3.63, 3.8) is 0 Å². The molecule has 2 aromatic carbocycles. The number of hydrogen-bond donors (Lipinski definition) is 1. The smallest absolute Gasteiger partial charge is 0.266 e. The minimum Gasteiger partial charge on any atom is -0.497 e. The van der Waals surface area contributed by atoms with Gasteiger partial charge in [0.2, 0.25) is 0 Å². The van der Waals surface area contributed by atoms with E-state index in [1.807, 2.05) is 6.07 Å². The van der Waals surface area contributed by atoms with Crippen LogP contribution in [0.25, 0.3) is 16.6 Å². The van der Waals surface area contributed by atoms with Crippen molar-refractivity contribution < 1.29 is 13.9 Å². The van der Waals surface area contributed by atoms with Gasteiger partial charge in [-0.2, -0.15) is 5.10 Å². The first-order valence-corrected chi connectivity index (χ1v) is 10.3. The van der Waals surface area contributed by atoms with E-state index in [9.17, 15) is 9.59 Å². The van der Waals surface area contributed by atoms with Crippen molar-refractivity contribution >= 4 is 34.8 Å². The largest absolute Gasteiger partial charge is 0.497 e. The lowest BCUT2D eigenvalue weighted by Crippen LogP contribution is -2.24. The van der Waals surface area contributed by atoms with Crippen LogP contribution in [0.4, 0.5) is 0 Å². The van der Waals surface area contributed by atoms with Gasteiger partial charge < -0.3 is 9.15 Å². The lowest BCUT2D eigenvalue weighted by atomic mass is 10.2. The molecule has 1 N–H and O–H groups in total. The van der Waals surface area contributed by atoms with E-state index in [2.05, 4.69) is 15.5 Å². The summed E-state index contributed by atoms with van der Waals surface area (Å²) < 4.78 is 11.8. The van der Waals surface area contributed by atoms with Crippen LogP contribution in [0.3, 0.4) is 0 Å². The average Bonchev–Trinajstić information content (AvgIpc) is 3.31. The summed E-state index contributed by atoms with van der Waals surface area (Å²) in [6.45, 7) is 0. The van der Waals surface area contributed by atoms with E-state index in [0.717, 1.165) is 11.8 Å². The van der Waals surface area contributed by atoms with Gasteiger partial charge in [0, 0.05) is 0 Å². The Morgan fingerprint density at radius 3 is 2.74 bits per heavy atom. The van der Waals surface area contributed by atoms with Gasteiger partial charge in [0.25, 0.3) is 11.5 Å².